The maximum absolute atomic E-state index is 13.4. The van der Waals surface area contributed by atoms with Crippen LogP contribution in [-0.2, 0) is 14.8 Å². The minimum Gasteiger partial charge on any atom is -0.495 e. The largest absolute Gasteiger partial charge is 0.495 e. The third-order valence-corrected chi connectivity index (χ3v) is 7.52. The first-order chi connectivity index (χ1) is 14.2. The Labute approximate surface area is 179 Å². The van der Waals surface area contributed by atoms with Crippen LogP contribution in [0.5, 0.6) is 5.75 Å². The molecule has 0 unspecified atom stereocenters. The molecule has 3 rings (SSSR count). The summed E-state index contributed by atoms with van der Waals surface area (Å²) in [5.74, 6) is -0.0239. The second-order valence-corrected chi connectivity index (χ2v) is 9.98. The summed E-state index contributed by atoms with van der Waals surface area (Å²) in [6.07, 6.45) is 1.30. The summed E-state index contributed by atoms with van der Waals surface area (Å²) >= 11 is 0. The fourth-order valence-electron chi connectivity index (χ4n) is 3.72. The minimum absolute atomic E-state index is 0.146. The highest BCUT2D eigenvalue weighted by molar-refractivity contribution is 7.89. The van der Waals surface area contributed by atoms with Gasteiger partial charge in [0, 0.05) is 18.8 Å². The van der Waals surface area contributed by atoms with E-state index in [-0.39, 0.29) is 23.3 Å². The summed E-state index contributed by atoms with van der Waals surface area (Å²) in [7, 11) is -2.31. The van der Waals surface area contributed by atoms with Gasteiger partial charge in [-0.1, -0.05) is 38.1 Å². The van der Waals surface area contributed by atoms with Crippen LogP contribution in [0.1, 0.15) is 43.7 Å². The second kappa shape index (κ2) is 9.18. The number of para-hydroxylation sites is 1. The van der Waals surface area contributed by atoms with Crippen molar-refractivity contribution >= 4 is 21.6 Å². The summed E-state index contributed by atoms with van der Waals surface area (Å²) in [6.45, 7) is 6.53. The first kappa shape index (κ1) is 22.3. The number of benzene rings is 2. The quantitative estimate of drug-likeness (QED) is 0.746. The molecule has 0 aliphatic carbocycles. The number of amides is 1. The number of methoxy groups -OCH3 is 1. The van der Waals surface area contributed by atoms with Crippen LogP contribution in [0.3, 0.4) is 0 Å². The molecule has 6 nitrogen and oxygen atoms in total. The number of aryl methyl sites for hydroxylation is 1. The van der Waals surface area contributed by atoms with E-state index in [9.17, 15) is 13.2 Å². The van der Waals surface area contributed by atoms with Gasteiger partial charge in [0.25, 0.3) is 0 Å². The average Bonchev–Trinajstić information content (AvgIpc) is 2.74. The molecule has 2 aromatic rings. The summed E-state index contributed by atoms with van der Waals surface area (Å²) in [6, 6.07) is 12.8. The Hall–Kier alpha value is -2.38. The minimum atomic E-state index is -3.78. The standard InChI is InChI=1S/C23H30N2O4S/c1-16(2)18-11-12-21(29-4)22(14-18)30(27,28)25-13-7-9-19(15-25)23(26)24-20-10-6-5-8-17(20)3/h5-6,8,10-12,14,16,19H,7,9,13,15H2,1-4H3,(H,24,26)/t19-/m0/s1. The Morgan fingerprint density at radius 1 is 1.20 bits per heavy atom. The van der Waals surface area contributed by atoms with E-state index < -0.39 is 15.9 Å². The lowest BCUT2D eigenvalue weighted by molar-refractivity contribution is -0.120. The van der Waals surface area contributed by atoms with Gasteiger partial charge in [-0.15, -0.1) is 0 Å². The highest BCUT2D eigenvalue weighted by Gasteiger charge is 2.35. The summed E-state index contributed by atoms with van der Waals surface area (Å²) in [5.41, 5.74) is 2.66. The predicted molar refractivity (Wildman–Crippen MR) is 118 cm³/mol. The van der Waals surface area contributed by atoms with Crippen molar-refractivity contribution in [3.8, 4) is 5.75 Å². The van der Waals surface area contributed by atoms with Gasteiger partial charge in [-0.25, -0.2) is 8.42 Å². The Morgan fingerprint density at radius 2 is 1.93 bits per heavy atom. The molecule has 30 heavy (non-hydrogen) atoms. The van der Waals surface area contributed by atoms with E-state index in [0.29, 0.717) is 25.1 Å². The maximum Gasteiger partial charge on any atom is 0.246 e. The van der Waals surface area contributed by atoms with E-state index in [1.807, 2.05) is 51.1 Å². The van der Waals surface area contributed by atoms with Gasteiger partial charge in [0.15, 0.2) is 0 Å². The monoisotopic (exact) mass is 430 g/mol. The van der Waals surface area contributed by atoms with Crippen molar-refractivity contribution in [2.75, 3.05) is 25.5 Å². The molecule has 1 aliphatic heterocycles. The van der Waals surface area contributed by atoms with Gasteiger partial charge in [-0.2, -0.15) is 4.31 Å². The van der Waals surface area contributed by atoms with Gasteiger partial charge >= 0.3 is 0 Å². The number of hydrogen-bond acceptors (Lipinski definition) is 4. The number of piperidine rings is 1. The molecule has 162 valence electrons. The Morgan fingerprint density at radius 3 is 2.60 bits per heavy atom. The molecule has 1 saturated heterocycles. The lowest BCUT2D eigenvalue weighted by atomic mass is 9.98. The van der Waals surface area contributed by atoms with Crippen LogP contribution in [-0.4, -0.2) is 38.8 Å². The zero-order valence-electron chi connectivity index (χ0n) is 18.0. The van der Waals surface area contributed by atoms with Crippen molar-refractivity contribution in [1.82, 2.24) is 4.31 Å². The molecule has 1 aliphatic rings. The van der Waals surface area contributed by atoms with Crippen LogP contribution in [0.2, 0.25) is 0 Å². The molecule has 1 amide bonds. The zero-order valence-corrected chi connectivity index (χ0v) is 18.8. The SMILES string of the molecule is COc1ccc(C(C)C)cc1S(=O)(=O)N1CCC[C@H](C(=O)Nc2ccccc2C)C1. The van der Waals surface area contributed by atoms with Gasteiger partial charge in [0.05, 0.1) is 13.0 Å². The molecule has 0 saturated carbocycles. The number of carbonyl (C=O) groups is 1. The molecule has 1 N–H and O–H groups in total. The molecule has 0 radical (unpaired) electrons. The van der Waals surface area contributed by atoms with Gasteiger partial charge in [-0.05, 0) is 55.0 Å². The van der Waals surface area contributed by atoms with Crippen LogP contribution in [0, 0.1) is 12.8 Å². The molecule has 1 fully saturated rings. The first-order valence-electron chi connectivity index (χ1n) is 10.3. The Kier molecular flexibility index (Phi) is 6.83. The molecular formula is C23H30N2O4S. The second-order valence-electron chi connectivity index (χ2n) is 8.07. The van der Waals surface area contributed by atoms with Crippen molar-refractivity contribution in [2.45, 2.75) is 44.4 Å². The highest BCUT2D eigenvalue weighted by atomic mass is 32.2. The number of carbonyl (C=O) groups excluding carboxylic acids is 1. The predicted octanol–water partition coefficient (Wildman–Crippen LogP) is 4.17. The summed E-state index contributed by atoms with van der Waals surface area (Å²) in [5, 5.41) is 2.95. The molecular weight excluding hydrogens is 400 g/mol. The van der Waals surface area contributed by atoms with Crippen molar-refractivity contribution in [3.05, 3.63) is 53.6 Å². The van der Waals surface area contributed by atoms with Gasteiger partial charge in [0.2, 0.25) is 15.9 Å². The molecule has 0 bridgehead atoms. The number of sulfonamides is 1. The number of nitrogens with zero attached hydrogens (tertiary/aromatic N) is 1. The van der Waals surface area contributed by atoms with Crippen molar-refractivity contribution in [3.63, 3.8) is 0 Å². The van der Waals surface area contributed by atoms with Gasteiger partial charge in [-0.3, -0.25) is 4.79 Å². The number of nitrogens with one attached hydrogen (secondary N) is 1. The Balaban J connectivity index is 1.83. The van der Waals surface area contributed by atoms with E-state index in [2.05, 4.69) is 5.32 Å². The van der Waals surface area contributed by atoms with Crippen LogP contribution in [0.25, 0.3) is 0 Å². The number of hydrogen-bond donors (Lipinski definition) is 1. The fraction of sp³-hybridized carbons (Fsp3) is 0.435. The third-order valence-electron chi connectivity index (χ3n) is 5.63. The van der Waals surface area contributed by atoms with Crippen LogP contribution >= 0.6 is 0 Å². The van der Waals surface area contributed by atoms with E-state index in [0.717, 1.165) is 16.8 Å². The number of anilines is 1. The molecule has 7 heteroatoms. The Bertz CT molecular complexity index is 1020. The lowest BCUT2D eigenvalue weighted by Gasteiger charge is -2.31. The average molecular weight is 431 g/mol. The van der Waals surface area contributed by atoms with Gasteiger partial charge < -0.3 is 10.1 Å². The number of ether oxygens (including phenoxy) is 1. The lowest BCUT2D eigenvalue weighted by Crippen LogP contribution is -2.43. The van der Waals surface area contributed by atoms with Crippen LogP contribution < -0.4 is 10.1 Å². The molecule has 1 atom stereocenters. The van der Waals surface area contributed by atoms with Crippen LogP contribution in [0.15, 0.2) is 47.4 Å². The third kappa shape index (κ3) is 4.68. The zero-order chi connectivity index (χ0) is 21.9. The van der Waals surface area contributed by atoms with Crippen LogP contribution in [0.4, 0.5) is 5.69 Å². The molecule has 2 aromatic carbocycles. The maximum atomic E-state index is 13.4. The normalized spacial score (nSPS) is 17.7. The number of rotatable bonds is 6. The molecule has 1 heterocycles. The van der Waals surface area contributed by atoms with E-state index in [1.54, 1.807) is 12.1 Å². The fourth-order valence-corrected chi connectivity index (χ4v) is 5.43. The van der Waals surface area contributed by atoms with E-state index >= 15 is 0 Å². The van der Waals surface area contributed by atoms with Crippen molar-refractivity contribution in [1.29, 1.82) is 0 Å². The molecule has 0 spiro atoms. The molecule has 0 aromatic heterocycles. The van der Waals surface area contributed by atoms with E-state index in [4.69, 9.17) is 4.74 Å². The highest BCUT2D eigenvalue weighted by Crippen LogP contribution is 2.32. The first-order valence-corrected chi connectivity index (χ1v) is 11.7. The smallest absolute Gasteiger partial charge is 0.246 e. The van der Waals surface area contributed by atoms with E-state index in [1.165, 1.54) is 11.4 Å². The van der Waals surface area contributed by atoms with Crippen molar-refractivity contribution in [2.24, 2.45) is 5.92 Å². The summed E-state index contributed by atoms with van der Waals surface area (Å²) < 4.78 is 33.6. The van der Waals surface area contributed by atoms with Gasteiger partial charge in [0.1, 0.15) is 10.6 Å². The topological polar surface area (TPSA) is 75.7 Å². The summed E-state index contributed by atoms with van der Waals surface area (Å²) in [4.78, 5) is 13.0. The van der Waals surface area contributed by atoms with Crippen molar-refractivity contribution < 1.29 is 17.9 Å².